The SMILES string of the molecule is C[C@@H](Oc1ccc(C(C)(C)C)cc1)C(=O)O/N=C(\N)c1ccc([N+](=O)[O-])cc1. The first kappa shape index (κ1) is 20.9. The molecule has 1 atom stereocenters. The molecule has 0 amide bonds. The Labute approximate surface area is 163 Å². The molecule has 0 aliphatic rings. The van der Waals surface area contributed by atoms with Gasteiger partial charge in [0.25, 0.3) is 5.69 Å². The number of ether oxygens (including phenoxy) is 1. The first-order chi connectivity index (χ1) is 13.1. The minimum atomic E-state index is -0.895. The van der Waals surface area contributed by atoms with Gasteiger partial charge in [-0.05, 0) is 42.2 Å². The molecule has 0 bridgehead atoms. The molecule has 0 aromatic heterocycles. The van der Waals surface area contributed by atoms with Crippen molar-refractivity contribution in [3.8, 4) is 5.75 Å². The van der Waals surface area contributed by atoms with Gasteiger partial charge < -0.3 is 15.3 Å². The summed E-state index contributed by atoms with van der Waals surface area (Å²) < 4.78 is 5.56. The van der Waals surface area contributed by atoms with E-state index < -0.39 is 17.0 Å². The van der Waals surface area contributed by atoms with E-state index in [-0.39, 0.29) is 16.9 Å². The molecule has 0 saturated heterocycles. The smallest absolute Gasteiger partial charge is 0.374 e. The van der Waals surface area contributed by atoms with Gasteiger partial charge in [0.15, 0.2) is 11.9 Å². The number of nitrogens with zero attached hydrogens (tertiary/aromatic N) is 2. The molecule has 2 aromatic rings. The molecular formula is C20H23N3O5. The van der Waals surface area contributed by atoms with E-state index in [2.05, 4.69) is 25.9 Å². The molecular weight excluding hydrogens is 362 g/mol. The van der Waals surface area contributed by atoms with Gasteiger partial charge >= 0.3 is 5.97 Å². The third kappa shape index (κ3) is 5.54. The molecule has 0 aliphatic carbocycles. The quantitative estimate of drug-likeness (QED) is 0.267. The predicted octanol–water partition coefficient (Wildman–Crippen LogP) is 3.52. The normalized spacial score (nSPS) is 12.9. The third-order valence-corrected chi connectivity index (χ3v) is 3.97. The summed E-state index contributed by atoms with van der Waals surface area (Å²) in [6.45, 7) is 7.86. The molecule has 0 radical (unpaired) electrons. The van der Waals surface area contributed by atoms with E-state index in [1.54, 1.807) is 12.1 Å². The predicted molar refractivity (Wildman–Crippen MR) is 105 cm³/mol. The lowest BCUT2D eigenvalue weighted by Gasteiger charge is -2.19. The van der Waals surface area contributed by atoms with Crippen LogP contribution in [0.15, 0.2) is 53.7 Å². The molecule has 28 heavy (non-hydrogen) atoms. The summed E-state index contributed by atoms with van der Waals surface area (Å²) in [6.07, 6.45) is -0.895. The van der Waals surface area contributed by atoms with Gasteiger partial charge in [0.05, 0.1) is 4.92 Å². The minimum absolute atomic E-state index is 0.0210. The molecule has 0 aliphatic heterocycles. The lowest BCUT2D eigenvalue weighted by Crippen LogP contribution is -2.26. The topological polar surface area (TPSA) is 117 Å². The minimum Gasteiger partial charge on any atom is -0.479 e. The first-order valence-electron chi connectivity index (χ1n) is 8.64. The largest absolute Gasteiger partial charge is 0.479 e. The zero-order chi connectivity index (χ0) is 20.9. The Morgan fingerprint density at radius 3 is 2.18 bits per heavy atom. The number of amidine groups is 1. The van der Waals surface area contributed by atoms with E-state index in [0.717, 1.165) is 5.56 Å². The number of carbonyl (C=O) groups excluding carboxylic acids is 1. The van der Waals surface area contributed by atoms with Crippen LogP contribution >= 0.6 is 0 Å². The van der Waals surface area contributed by atoms with Crippen molar-refractivity contribution in [1.82, 2.24) is 0 Å². The number of nitro groups is 1. The van der Waals surface area contributed by atoms with Crippen molar-refractivity contribution in [2.24, 2.45) is 10.9 Å². The summed E-state index contributed by atoms with van der Waals surface area (Å²) >= 11 is 0. The zero-order valence-corrected chi connectivity index (χ0v) is 16.2. The number of hydrogen-bond donors (Lipinski definition) is 1. The summed E-state index contributed by atoms with van der Waals surface area (Å²) in [5.41, 5.74) is 7.23. The Balaban J connectivity index is 1.96. The number of hydrogen-bond acceptors (Lipinski definition) is 6. The van der Waals surface area contributed by atoms with Crippen molar-refractivity contribution in [2.45, 2.75) is 39.2 Å². The summed E-state index contributed by atoms with van der Waals surface area (Å²) in [6, 6.07) is 12.9. The van der Waals surface area contributed by atoms with Crippen LogP contribution in [-0.2, 0) is 15.0 Å². The molecule has 0 unspecified atom stereocenters. The third-order valence-electron chi connectivity index (χ3n) is 3.97. The van der Waals surface area contributed by atoms with E-state index in [0.29, 0.717) is 11.3 Å². The first-order valence-corrected chi connectivity index (χ1v) is 8.64. The van der Waals surface area contributed by atoms with Gasteiger partial charge in [0.1, 0.15) is 5.75 Å². The highest BCUT2D eigenvalue weighted by molar-refractivity contribution is 5.97. The number of nitrogens with two attached hydrogens (primary N) is 1. The Kier molecular flexibility index (Phi) is 6.35. The number of oxime groups is 1. The van der Waals surface area contributed by atoms with Crippen LogP contribution < -0.4 is 10.5 Å². The highest BCUT2D eigenvalue weighted by Gasteiger charge is 2.18. The highest BCUT2D eigenvalue weighted by atomic mass is 16.7. The van der Waals surface area contributed by atoms with E-state index in [9.17, 15) is 14.9 Å². The fraction of sp³-hybridized carbons (Fsp3) is 0.300. The van der Waals surface area contributed by atoms with Gasteiger partial charge in [0, 0.05) is 17.7 Å². The number of carbonyl (C=O) groups is 1. The Hall–Kier alpha value is -3.42. The Morgan fingerprint density at radius 1 is 1.11 bits per heavy atom. The fourth-order valence-electron chi connectivity index (χ4n) is 2.26. The number of rotatable bonds is 6. The maximum absolute atomic E-state index is 12.1. The van der Waals surface area contributed by atoms with Crippen molar-refractivity contribution in [3.63, 3.8) is 0 Å². The van der Waals surface area contributed by atoms with E-state index in [4.69, 9.17) is 15.3 Å². The van der Waals surface area contributed by atoms with Crippen LogP contribution in [0.5, 0.6) is 5.75 Å². The molecule has 0 spiro atoms. The Bertz CT molecular complexity index is 868. The van der Waals surface area contributed by atoms with Crippen molar-refractivity contribution < 1.29 is 19.3 Å². The van der Waals surface area contributed by atoms with Gasteiger partial charge in [-0.1, -0.05) is 38.1 Å². The molecule has 2 aromatic carbocycles. The standard InChI is InChI=1S/C20H23N3O5/c1-13(27-17-11-7-15(8-12-17)20(2,3)4)19(24)28-22-18(21)14-5-9-16(10-6-14)23(25)26/h5-13H,1-4H3,(H2,21,22)/t13-/m1/s1. The van der Waals surface area contributed by atoms with Crippen LogP contribution in [0.4, 0.5) is 5.69 Å². The summed E-state index contributed by atoms with van der Waals surface area (Å²) in [4.78, 5) is 27.0. The molecule has 148 valence electrons. The lowest BCUT2D eigenvalue weighted by atomic mass is 9.87. The van der Waals surface area contributed by atoms with Gasteiger partial charge in [-0.25, -0.2) is 4.79 Å². The number of benzene rings is 2. The van der Waals surface area contributed by atoms with Crippen LogP contribution in [0.2, 0.25) is 0 Å². The van der Waals surface area contributed by atoms with Crippen molar-refractivity contribution in [1.29, 1.82) is 0 Å². The van der Waals surface area contributed by atoms with Crippen molar-refractivity contribution in [2.75, 3.05) is 0 Å². The molecule has 8 nitrogen and oxygen atoms in total. The molecule has 8 heteroatoms. The average molecular weight is 385 g/mol. The maximum Gasteiger partial charge on any atom is 0.374 e. The van der Waals surface area contributed by atoms with Crippen molar-refractivity contribution in [3.05, 3.63) is 69.8 Å². The second-order valence-corrected chi connectivity index (χ2v) is 7.23. The fourth-order valence-corrected chi connectivity index (χ4v) is 2.26. The van der Waals surface area contributed by atoms with Gasteiger partial charge in [-0.3, -0.25) is 10.1 Å². The molecule has 2 rings (SSSR count). The maximum atomic E-state index is 12.1. The van der Waals surface area contributed by atoms with Crippen LogP contribution in [0.3, 0.4) is 0 Å². The average Bonchev–Trinajstić information content (AvgIpc) is 2.65. The summed E-state index contributed by atoms with van der Waals surface area (Å²) in [5.74, 6) is -0.264. The molecule has 2 N–H and O–H groups in total. The zero-order valence-electron chi connectivity index (χ0n) is 16.2. The lowest BCUT2D eigenvalue weighted by molar-refractivity contribution is -0.384. The van der Waals surface area contributed by atoms with Crippen LogP contribution in [0.25, 0.3) is 0 Å². The second-order valence-electron chi connectivity index (χ2n) is 7.23. The van der Waals surface area contributed by atoms with E-state index in [1.165, 1.54) is 31.2 Å². The van der Waals surface area contributed by atoms with Crippen molar-refractivity contribution >= 4 is 17.5 Å². The van der Waals surface area contributed by atoms with Crippen LogP contribution in [-0.4, -0.2) is 22.8 Å². The summed E-state index contributed by atoms with van der Waals surface area (Å²) in [7, 11) is 0. The van der Waals surface area contributed by atoms with Crippen LogP contribution in [0.1, 0.15) is 38.8 Å². The van der Waals surface area contributed by atoms with Gasteiger partial charge in [0.2, 0.25) is 0 Å². The highest BCUT2D eigenvalue weighted by Crippen LogP contribution is 2.24. The summed E-state index contributed by atoms with van der Waals surface area (Å²) in [5, 5.41) is 14.2. The molecule has 0 fully saturated rings. The second kappa shape index (κ2) is 8.51. The monoisotopic (exact) mass is 385 g/mol. The van der Waals surface area contributed by atoms with Crippen LogP contribution in [0, 0.1) is 10.1 Å². The number of non-ortho nitro benzene ring substituents is 1. The number of nitro benzene ring substituents is 1. The van der Waals surface area contributed by atoms with E-state index >= 15 is 0 Å². The van der Waals surface area contributed by atoms with E-state index in [1.807, 2.05) is 12.1 Å². The Morgan fingerprint density at radius 2 is 1.68 bits per heavy atom. The van der Waals surface area contributed by atoms with Gasteiger partial charge in [-0.15, -0.1) is 0 Å². The van der Waals surface area contributed by atoms with Gasteiger partial charge in [-0.2, -0.15) is 0 Å². The molecule has 0 saturated carbocycles. The molecule has 0 heterocycles.